The summed E-state index contributed by atoms with van der Waals surface area (Å²) in [5, 5.41) is 35.8. The molecule has 0 unspecified atom stereocenters. The summed E-state index contributed by atoms with van der Waals surface area (Å²) in [5.41, 5.74) is 13.9. The summed E-state index contributed by atoms with van der Waals surface area (Å²) in [5.74, 6) is 0.686. The monoisotopic (exact) mass is 1370 g/mol. The van der Waals surface area contributed by atoms with Crippen LogP contribution in [0.3, 0.4) is 0 Å². The van der Waals surface area contributed by atoms with E-state index in [-0.39, 0.29) is 38.1 Å². The van der Waals surface area contributed by atoms with Crippen LogP contribution in [-0.2, 0) is 59.6 Å². The number of aromatic nitrogens is 16. The number of aliphatic carboxylic acids is 1. The molecule has 0 aliphatic carbocycles. The van der Waals surface area contributed by atoms with Crippen LogP contribution in [0.5, 0.6) is 0 Å². The van der Waals surface area contributed by atoms with Crippen molar-refractivity contribution in [3.05, 3.63) is 166 Å². The fourth-order valence-electron chi connectivity index (χ4n) is 9.92. The molecule has 0 bridgehead atoms. The van der Waals surface area contributed by atoms with E-state index in [0.717, 1.165) is 97.1 Å². The van der Waals surface area contributed by atoms with Crippen LogP contribution in [0.1, 0.15) is 65.8 Å². The predicted molar refractivity (Wildman–Crippen MR) is 368 cm³/mol. The maximum Gasteiger partial charge on any atom is 0.327 e. The van der Waals surface area contributed by atoms with Gasteiger partial charge in [-0.15, -0.1) is 0 Å². The first kappa shape index (κ1) is 71.3. The van der Waals surface area contributed by atoms with Crippen molar-refractivity contribution in [1.82, 2.24) is 83.0 Å². The lowest BCUT2D eigenvalue weighted by molar-refractivity contribution is -0.145. The van der Waals surface area contributed by atoms with Gasteiger partial charge in [0.1, 0.15) is 65.6 Å². The first-order valence-corrected chi connectivity index (χ1v) is 32.8. The van der Waals surface area contributed by atoms with E-state index in [1.807, 2.05) is 146 Å². The van der Waals surface area contributed by atoms with Crippen molar-refractivity contribution in [2.45, 2.75) is 102 Å². The van der Waals surface area contributed by atoms with Gasteiger partial charge < -0.3 is 33.3 Å². The molecule has 0 atom stereocenters. The highest BCUT2D eigenvalue weighted by Crippen LogP contribution is 2.30. The molecule has 98 heavy (non-hydrogen) atoms. The van der Waals surface area contributed by atoms with Crippen molar-refractivity contribution in [3.63, 3.8) is 0 Å². The third kappa shape index (κ3) is 19.3. The predicted octanol–water partition coefficient (Wildman–Crippen LogP) is 11.5. The van der Waals surface area contributed by atoms with E-state index < -0.39 is 11.9 Å². The summed E-state index contributed by atoms with van der Waals surface area (Å²) in [6, 6.07) is 39.1. The molecule has 0 aliphatic rings. The molecule has 0 fully saturated rings. The molecule has 27 nitrogen and oxygen atoms in total. The number of ether oxygens (including phenoxy) is 3. The third-order valence-corrected chi connectivity index (χ3v) is 16.0. The number of carboxylic acid groups (broad SMARTS) is 1. The number of rotatable bonds is 22. The third-order valence-electron chi connectivity index (χ3n) is 14.5. The summed E-state index contributed by atoms with van der Waals surface area (Å²) in [6.45, 7) is 24.5. The summed E-state index contributed by atoms with van der Waals surface area (Å²) >= 11 is 2.63. The lowest BCUT2D eigenvalue weighted by atomic mass is 10.1. The van der Waals surface area contributed by atoms with E-state index in [0.29, 0.717) is 65.4 Å². The molecule has 0 spiro atoms. The normalized spacial score (nSPS) is 10.9. The number of carbonyl (C=O) groups is 4. The number of carbonyl (C=O) groups excluding carboxylic acids is 3. The second-order valence-electron chi connectivity index (χ2n) is 22.5. The summed E-state index contributed by atoms with van der Waals surface area (Å²) in [7, 11) is 1.34. The van der Waals surface area contributed by atoms with Crippen LogP contribution in [0.4, 0.5) is 0 Å². The first-order valence-electron chi connectivity index (χ1n) is 31.3. The second-order valence-corrected chi connectivity index (χ2v) is 24.0. The summed E-state index contributed by atoms with van der Waals surface area (Å²) < 4.78 is 40.6. The molecular weight excluding hydrogens is 1290 g/mol. The highest BCUT2D eigenvalue weighted by Gasteiger charge is 2.22. The zero-order chi connectivity index (χ0) is 70.0. The van der Waals surface area contributed by atoms with Gasteiger partial charge in [0.2, 0.25) is 11.6 Å². The SMILES string of the molecule is CCN(CC)CCOC(=O)Cn1nc(C)cc1-c1nsc(-c2cccc(C)c2)n1.CCOC(=O)Cn1nc(C)cc1-c1noc(-c2cccc(C)c2)n1.COC(=O)Cn1nc(C)cc1-c1noc(-c2cccc(C)c2)n1.Cc1cccc(-c2nc(-c3cc(C)nn3CC(=O)O)ns2)c1. The number of methoxy groups -OCH3 is 1. The zero-order valence-electron chi connectivity index (χ0n) is 56.5. The highest BCUT2D eigenvalue weighted by molar-refractivity contribution is 7.09. The quantitative estimate of drug-likeness (QED) is 0.0486. The average Bonchev–Trinajstić information content (AvgIpc) is 1.69. The first-order chi connectivity index (χ1) is 47.1. The molecular formula is C69H75N17O10S2. The molecule has 0 saturated heterocycles. The fourth-order valence-corrected chi connectivity index (χ4v) is 11.2. The number of nitrogens with zero attached hydrogens (tertiary/aromatic N) is 17. The molecule has 8 heterocycles. The number of likely N-dealkylation sites (N-methyl/N-ethyl adjacent to an activating group) is 1. The maximum absolute atomic E-state index is 12.3. The molecule has 12 rings (SSSR count). The van der Waals surface area contributed by atoms with Gasteiger partial charge in [-0.25, -0.2) is 19.3 Å². The van der Waals surface area contributed by atoms with Crippen molar-refractivity contribution in [2.75, 3.05) is 40.0 Å². The number of benzene rings is 4. The number of esters is 3. The molecule has 29 heteroatoms. The molecule has 0 amide bonds. The van der Waals surface area contributed by atoms with Crippen LogP contribution in [0.15, 0.2) is 130 Å². The van der Waals surface area contributed by atoms with E-state index in [9.17, 15) is 19.2 Å². The molecule has 12 aromatic rings. The van der Waals surface area contributed by atoms with Gasteiger partial charge in [-0.05, 0) is 159 Å². The van der Waals surface area contributed by atoms with Gasteiger partial charge in [0.25, 0.3) is 11.8 Å². The van der Waals surface area contributed by atoms with E-state index >= 15 is 0 Å². The molecule has 0 radical (unpaired) electrons. The Balaban J connectivity index is 0.000000154. The second kappa shape index (κ2) is 33.6. The Hall–Kier alpha value is -11.0. The average molecular weight is 1370 g/mol. The van der Waals surface area contributed by atoms with Crippen LogP contribution in [0.25, 0.3) is 90.1 Å². The Bertz CT molecular complexity index is 4680. The lowest BCUT2D eigenvalue weighted by Crippen LogP contribution is -2.28. The van der Waals surface area contributed by atoms with E-state index in [1.54, 1.807) is 23.7 Å². The molecule has 8 aromatic heterocycles. The summed E-state index contributed by atoms with van der Waals surface area (Å²) in [6.07, 6.45) is 0. The van der Waals surface area contributed by atoms with Gasteiger partial charge in [-0.3, -0.25) is 28.5 Å². The number of aryl methyl sites for hydroxylation is 8. The summed E-state index contributed by atoms with van der Waals surface area (Å²) in [4.78, 5) is 66.7. The van der Waals surface area contributed by atoms with Crippen LogP contribution < -0.4 is 0 Å². The van der Waals surface area contributed by atoms with E-state index in [2.05, 4.69) is 102 Å². The minimum atomic E-state index is -0.946. The Morgan fingerprint density at radius 1 is 0.459 bits per heavy atom. The van der Waals surface area contributed by atoms with E-state index in [4.69, 9.17) is 23.6 Å². The number of hydrogen-bond donors (Lipinski definition) is 1. The van der Waals surface area contributed by atoms with Crippen molar-refractivity contribution < 1.29 is 47.5 Å². The van der Waals surface area contributed by atoms with Crippen LogP contribution >= 0.6 is 23.1 Å². The standard InChI is InChI=1S/C21H27N5O2S.C17H18N4O3.C16H16N4O3.C15H14N4O2S/c1-5-25(6-2)10-11-28-19(27)14-26-18(13-16(4)23-26)20-22-21(29-24-20)17-9-7-8-15(3)12-17;1-4-23-15(22)10-21-14(9-12(3)19-21)16-18-17(24-20-16)13-7-5-6-11(2)8-13;1-10-5-4-6-12(7-10)16-17-15(19-23-16)13-8-11(2)18-20(13)9-14(21)22-3;1-9-4-3-5-11(6-9)15-16-14(18-22-15)12-7-10(2)17-19(12)8-13(20)21/h7-9,12-13H,5-6,10-11,14H2,1-4H3;5-9H,4,10H2,1-3H3;4-8H,9H2,1-3H3;3-7H,8H2,1-2H3,(H,20,21). The number of carboxylic acids is 1. The molecule has 0 aliphatic heterocycles. The van der Waals surface area contributed by atoms with Crippen molar-refractivity contribution in [2.24, 2.45) is 0 Å². The highest BCUT2D eigenvalue weighted by atomic mass is 32.1. The Morgan fingerprint density at radius 2 is 0.816 bits per heavy atom. The van der Waals surface area contributed by atoms with Gasteiger partial charge in [0, 0.05) is 28.8 Å². The van der Waals surface area contributed by atoms with Gasteiger partial charge in [0.15, 0.2) is 11.6 Å². The number of hydrogen-bond acceptors (Lipinski definition) is 24. The van der Waals surface area contributed by atoms with Gasteiger partial charge in [0.05, 0.1) is 36.5 Å². The van der Waals surface area contributed by atoms with Crippen molar-refractivity contribution in [1.29, 1.82) is 0 Å². The molecule has 0 saturated carbocycles. The minimum absolute atomic E-state index is 0.00529. The zero-order valence-corrected chi connectivity index (χ0v) is 58.1. The topological polar surface area (TPSA) is 320 Å². The molecule has 4 aromatic carbocycles. The van der Waals surface area contributed by atoms with E-state index in [1.165, 1.54) is 49.8 Å². The molecule has 508 valence electrons. The lowest BCUT2D eigenvalue weighted by Gasteiger charge is -2.17. The smallest absolute Gasteiger partial charge is 0.327 e. The Labute approximate surface area is 573 Å². The van der Waals surface area contributed by atoms with Gasteiger partial charge in [-0.2, -0.15) is 39.1 Å². The maximum atomic E-state index is 12.3. The van der Waals surface area contributed by atoms with Crippen LogP contribution in [0.2, 0.25) is 0 Å². The molecule has 1 N–H and O–H groups in total. The van der Waals surface area contributed by atoms with Crippen LogP contribution in [0, 0.1) is 55.4 Å². The fraction of sp³-hybridized carbons (Fsp3) is 0.304. The Morgan fingerprint density at radius 3 is 1.18 bits per heavy atom. The Kier molecular flexibility index (Phi) is 24.4. The largest absolute Gasteiger partial charge is 0.480 e. The van der Waals surface area contributed by atoms with Crippen molar-refractivity contribution in [3.8, 4) is 90.1 Å². The van der Waals surface area contributed by atoms with Gasteiger partial charge in [-0.1, -0.05) is 107 Å². The van der Waals surface area contributed by atoms with Gasteiger partial charge >= 0.3 is 23.9 Å². The van der Waals surface area contributed by atoms with Crippen LogP contribution in [-0.4, -0.2) is 152 Å². The van der Waals surface area contributed by atoms with Crippen molar-refractivity contribution >= 4 is 46.9 Å². The minimum Gasteiger partial charge on any atom is -0.480 e.